The van der Waals surface area contributed by atoms with Gasteiger partial charge in [0, 0.05) is 30.1 Å². The minimum atomic E-state index is -0.241. The first-order valence-corrected chi connectivity index (χ1v) is 9.57. The Bertz CT molecular complexity index is 1310. The third kappa shape index (κ3) is 3.13. The predicted octanol–water partition coefficient (Wildman–Crippen LogP) is 3.77. The van der Waals surface area contributed by atoms with Gasteiger partial charge >= 0.3 is 6.01 Å². The molecule has 1 aliphatic rings. The summed E-state index contributed by atoms with van der Waals surface area (Å²) in [5, 5.41) is 8.03. The van der Waals surface area contributed by atoms with Gasteiger partial charge in [0.15, 0.2) is 0 Å². The Kier molecular flexibility index (Phi) is 4.32. The maximum absolute atomic E-state index is 12.4. The number of hydrogen-bond donors (Lipinski definition) is 2. The lowest BCUT2D eigenvalue weighted by atomic mass is 10.1. The number of benzene rings is 1. The molecule has 0 spiro atoms. The lowest BCUT2D eigenvalue weighted by Crippen LogP contribution is -2.34. The van der Waals surface area contributed by atoms with E-state index in [1.807, 2.05) is 13.0 Å². The smallest absolute Gasteiger partial charge is 0.320 e. The van der Waals surface area contributed by atoms with Gasteiger partial charge in [0.05, 0.1) is 23.7 Å². The van der Waals surface area contributed by atoms with Crippen molar-refractivity contribution in [2.75, 3.05) is 19.0 Å². The molecule has 0 aliphatic carbocycles. The number of carbonyl (C=O) groups is 1. The fraction of sp³-hybridized carbons (Fsp3) is 0.200. The molecule has 10 heteroatoms. The Morgan fingerprint density at radius 3 is 2.87 bits per heavy atom. The second-order valence-electron chi connectivity index (χ2n) is 6.83. The third-order valence-corrected chi connectivity index (χ3v) is 4.90. The largest absolute Gasteiger partial charge is 0.467 e. The number of hydrogen-bond acceptors (Lipinski definition) is 8. The number of carbonyl (C=O) groups excluding carboxylic acids is 1. The summed E-state index contributed by atoms with van der Waals surface area (Å²) in [4.78, 5) is 25.0. The average Bonchev–Trinajstić information content (AvgIpc) is 3.04. The van der Waals surface area contributed by atoms with Crippen LogP contribution in [0.15, 0.2) is 34.7 Å². The van der Waals surface area contributed by atoms with E-state index in [0.29, 0.717) is 29.2 Å². The van der Waals surface area contributed by atoms with E-state index in [-0.39, 0.29) is 34.8 Å². The number of halogens is 1. The first-order chi connectivity index (χ1) is 14.5. The molecule has 1 amide bonds. The van der Waals surface area contributed by atoms with E-state index < -0.39 is 0 Å². The highest BCUT2D eigenvalue weighted by Gasteiger charge is 2.26. The van der Waals surface area contributed by atoms with Crippen LogP contribution in [0.4, 0.5) is 5.69 Å². The molecule has 0 fully saturated rings. The number of amides is 1. The number of pyridine rings is 1. The number of rotatable bonds is 3. The van der Waals surface area contributed by atoms with Crippen LogP contribution in [0, 0.1) is 0 Å². The van der Waals surface area contributed by atoms with Crippen molar-refractivity contribution in [3.8, 4) is 17.8 Å². The molecule has 1 unspecified atom stereocenters. The fourth-order valence-electron chi connectivity index (χ4n) is 3.39. The summed E-state index contributed by atoms with van der Waals surface area (Å²) in [6.07, 6.45) is 0. The zero-order chi connectivity index (χ0) is 20.8. The van der Waals surface area contributed by atoms with Crippen LogP contribution in [0.3, 0.4) is 0 Å². The maximum Gasteiger partial charge on any atom is 0.320 e. The van der Waals surface area contributed by atoms with Gasteiger partial charge in [-0.05, 0) is 25.1 Å². The van der Waals surface area contributed by atoms with Gasteiger partial charge in [-0.25, -0.2) is 4.98 Å². The Hall–Kier alpha value is -3.59. The predicted molar refractivity (Wildman–Crippen MR) is 111 cm³/mol. The highest BCUT2D eigenvalue weighted by molar-refractivity contribution is 6.29. The summed E-state index contributed by atoms with van der Waals surface area (Å²) in [6, 6.07) is 8.72. The van der Waals surface area contributed by atoms with Gasteiger partial charge in [0.2, 0.25) is 17.5 Å². The lowest BCUT2D eigenvalue weighted by Gasteiger charge is -2.10. The molecule has 1 aromatic carbocycles. The second-order valence-corrected chi connectivity index (χ2v) is 7.22. The van der Waals surface area contributed by atoms with Crippen LogP contribution in [-0.4, -0.2) is 40.6 Å². The van der Waals surface area contributed by atoms with Gasteiger partial charge in [0.1, 0.15) is 10.7 Å². The van der Waals surface area contributed by atoms with E-state index in [9.17, 15) is 4.79 Å². The molecular formula is C20H16ClN5O4. The number of ether oxygens (including phenoxy) is 2. The van der Waals surface area contributed by atoms with E-state index in [1.165, 1.54) is 13.2 Å². The molecule has 152 valence electrons. The van der Waals surface area contributed by atoms with Crippen molar-refractivity contribution >= 4 is 45.1 Å². The molecule has 2 N–H and O–H groups in total. The van der Waals surface area contributed by atoms with Crippen LogP contribution < -0.4 is 20.1 Å². The minimum Gasteiger partial charge on any atom is -0.467 e. The van der Waals surface area contributed by atoms with Crippen molar-refractivity contribution in [2.24, 2.45) is 0 Å². The van der Waals surface area contributed by atoms with E-state index in [4.69, 9.17) is 25.5 Å². The highest BCUT2D eigenvalue weighted by Crippen LogP contribution is 2.37. The van der Waals surface area contributed by atoms with Crippen LogP contribution in [0.2, 0.25) is 5.15 Å². The summed E-state index contributed by atoms with van der Waals surface area (Å²) in [6.45, 7) is 2.52. The zero-order valence-corrected chi connectivity index (χ0v) is 16.8. The molecule has 5 rings (SSSR count). The summed E-state index contributed by atoms with van der Waals surface area (Å²) in [7, 11) is 1.44. The molecule has 0 saturated carbocycles. The van der Waals surface area contributed by atoms with E-state index in [0.717, 1.165) is 10.8 Å². The molecule has 30 heavy (non-hydrogen) atoms. The highest BCUT2D eigenvalue weighted by atomic mass is 35.5. The summed E-state index contributed by atoms with van der Waals surface area (Å²) in [5.74, 6) is 0.566. The van der Waals surface area contributed by atoms with Crippen molar-refractivity contribution < 1.29 is 18.7 Å². The van der Waals surface area contributed by atoms with Crippen LogP contribution in [0.1, 0.15) is 17.5 Å². The quantitative estimate of drug-likeness (QED) is 0.477. The van der Waals surface area contributed by atoms with Gasteiger partial charge < -0.3 is 24.5 Å². The van der Waals surface area contributed by atoms with Gasteiger partial charge in [-0.15, -0.1) is 0 Å². The number of fused-ring (bicyclic) bond motifs is 5. The number of nitrogens with one attached hydrogen (secondary N) is 2. The topological polar surface area (TPSA) is 111 Å². The third-order valence-electron chi connectivity index (χ3n) is 4.71. The molecule has 0 bridgehead atoms. The van der Waals surface area contributed by atoms with Crippen molar-refractivity contribution in [2.45, 2.75) is 13.0 Å². The first kappa shape index (κ1) is 18.4. The molecule has 0 saturated heterocycles. The van der Waals surface area contributed by atoms with E-state index >= 15 is 0 Å². The Labute approximate surface area is 175 Å². The number of anilines is 1. The van der Waals surface area contributed by atoms with Gasteiger partial charge in [0.25, 0.3) is 5.91 Å². The number of furan rings is 1. The van der Waals surface area contributed by atoms with E-state index in [2.05, 4.69) is 25.6 Å². The van der Waals surface area contributed by atoms with Crippen LogP contribution in [-0.2, 0) is 0 Å². The minimum absolute atomic E-state index is 0.0140. The molecule has 1 atom stereocenters. The van der Waals surface area contributed by atoms with Crippen LogP contribution >= 0.6 is 11.6 Å². The average molecular weight is 426 g/mol. The van der Waals surface area contributed by atoms with Crippen molar-refractivity contribution in [1.29, 1.82) is 0 Å². The fourth-order valence-corrected chi connectivity index (χ4v) is 3.56. The molecule has 4 heterocycles. The second kappa shape index (κ2) is 7.03. The Balaban J connectivity index is 1.58. The van der Waals surface area contributed by atoms with E-state index in [1.54, 1.807) is 18.2 Å². The zero-order valence-electron chi connectivity index (χ0n) is 16.0. The summed E-state index contributed by atoms with van der Waals surface area (Å²) in [5.41, 5.74) is 1.95. The normalized spacial score (nSPS) is 16.0. The molecule has 0 radical (unpaired) electrons. The standard InChI is InChI=1S/C20H16ClN5O4/c1-9-8-22-17-16-10-3-6-14(30-15-7-13(21)25-20(26-15)28-2)24-11(10)4-5-12(16)29-18(17)19(27)23-9/h3-7,9,22H,8H2,1-2H3,(H,23,27). The molecule has 3 aromatic heterocycles. The number of aromatic nitrogens is 3. The Morgan fingerprint density at radius 1 is 1.17 bits per heavy atom. The molecular weight excluding hydrogens is 410 g/mol. The summed E-state index contributed by atoms with van der Waals surface area (Å²) < 4.78 is 16.6. The van der Waals surface area contributed by atoms with Crippen molar-refractivity contribution in [3.05, 3.63) is 41.2 Å². The number of methoxy groups -OCH3 is 1. The summed E-state index contributed by atoms with van der Waals surface area (Å²) >= 11 is 5.96. The van der Waals surface area contributed by atoms with Crippen molar-refractivity contribution in [1.82, 2.24) is 20.3 Å². The SMILES string of the molecule is COc1nc(Cl)cc(Oc2ccc3c(ccc4oc5c(c43)NCC(C)NC5=O)n2)n1. The molecule has 9 nitrogen and oxygen atoms in total. The van der Waals surface area contributed by atoms with Gasteiger partial charge in [-0.1, -0.05) is 11.6 Å². The van der Waals surface area contributed by atoms with Crippen molar-refractivity contribution in [3.63, 3.8) is 0 Å². The van der Waals surface area contributed by atoms with Gasteiger partial charge in [-0.3, -0.25) is 4.79 Å². The van der Waals surface area contributed by atoms with Crippen LogP contribution in [0.5, 0.6) is 17.8 Å². The lowest BCUT2D eigenvalue weighted by molar-refractivity contribution is 0.0920. The Morgan fingerprint density at radius 2 is 2.03 bits per heavy atom. The number of nitrogens with zero attached hydrogens (tertiary/aromatic N) is 3. The monoisotopic (exact) mass is 425 g/mol. The van der Waals surface area contributed by atoms with Gasteiger partial charge in [-0.2, -0.15) is 9.97 Å². The molecule has 4 aromatic rings. The van der Waals surface area contributed by atoms with Crippen LogP contribution in [0.25, 0.3) is 21.9 Å². The maximum atomic E-state index is 12.4. The molecule has 1 aliphatic heterocycles. The first-order valence-electron chi connectivity index (χ1n) is 9.19.